The number of nitrogens with one attached hydrogen (secondary N) is 1. The highest BCUT2D eigenvalue weighted by Gasteiger charge is 2.13. The Labute approximate surface area is 111 Å². The van der Waals surface area contributed by atoms with Crippen LogP contribution in [0.25, 0.3) is 0 Å². The number of nitrogens with two attached hydrogens (primary N) is 1. The van der Waals surface area contributed by atoms with Crippen molar-refractivity contribution in [2.45, 2.75) is 19.4 Å². The molecule has 1 unspecified atom stereocenters. The van der Waals surface area contributed by atoms with E-state index < -0.39 is 5.97 Å². The van der Waals surface area contributed by atoms with E-state index in [1.165, 1.54) is 6.07 Å². The van der Waals surface area contributed by atoms with Crippen LogP contribution in [-0.4, -0.2) is 17.1 Å². The van der Waals surface area contributed by atoms with Gasteiger partial charge in [0.05, 0.1) is 17.5 Å². The van der Waals surface area contributed by atoms with Crippen molar-refractivity contribution in [2.75, 3.05) is 11.1 Å². The van der Waals surface area contributed by atoms with Gasteiger partial charge >= 0.3 is 5.97 Å². The van der Waals surface area contributed by atoms with Crippen LogP contribution in [0.1, 0.15) is 23.0 Å². The molecule has 0 aliphatic carbocycles. The van der Waals surface area contributed by atoms with Gasteiger partial charge in [0.15, 0.2) is 0 Å². The third-order valence-electron chi connectivity index (χ3n) is 2.76. The van der Waals surface area contributed by atoms with Crippen molar-refractivity contribution in [3.05, 3.63) is 47.9 Å². The quantitative estimate of drug-likeness (QED) is 0.719. The summed E-state index contributed by atoms with van der Waals surface area (Å²) in [5.74, 6) is -0.131. The number of benzene rings is 1. The molecule has 5 nitrogen and oxygen atoms in total. The summed E-state index contributed by atoms with van der Waals surface area (Å²) in [6.07, 6.45) is 2.28. The van der Waals surface area contributed by atoms with Gasteiger partial charge in [-0.15, -0.1) is 0 Å². The summed E-state index contributed by atoms with van der Waals surface area (Å²) in [6.45, 7) is 1.96. The summed E-state index contributed by atoms with van der Waals surface area (Å²) >= 11 is 0. The number of hydrogen-bond acceptors (Lipinski definition) is 4. The molecule has 0 amide bonds. The van der Waals surface area contributed by atoms with Crippen molar-refractivity contribution in [1.82, 2.24) is 0 Å². The van der Waals surface area contributed by atoms with Crippen LogP contribution in [0.2, 0.25) is 0 Å². The highest BCUT2D eigenvalue weighted by molar-refractivity contribution is 5.95. The van der Waals surface area contributed by atoms with Gasteiger partial charge in [0, 0.05) is 18.2 Å². The minimum absolute atomic E-state index is 0.0334. The van der Waals surface area contributed by atoms with Gasteiger partial charge in [-0.05, 0) is 37.3 Å². The molecule has 100 valence electrons. The van der Waals surface area contributed by atoms with Gasteiger partial charge in [-0.2, -0.15) is 0 Å². The van der Waals surface area contributed by atoms with E-state index in [0.717, 1.165) is 5.76 Å². The molecule has 0 saturated heterocycles. The first-order valence-electron chi connectivity index (χ1n) is 5.98. The Kier molecular flexibility index (Phi) is 3.75. The molecule has 0 bridgehead atoms. The summed E-state index contributed by atoms with van der Waals surface area (Å²) in [4.78, 5) is 11.1. The van der Waals surface area contributed by atoms with Crippen LogP contribution in [0.4, 0.5) is 11.4 Å². The molecular formula is C14H16N2O3. The molecule has 0 aliphatic heterocycles. The molecule has 2 rings (SSSR count). The van der Waals surface area contributed by atoms with Crippen LogP contribution < -0.4 is 11.1 Å². The van der Waals surface area contributed by atoms with Gasteiger partial charge in [-0.1, -0.05) is 0 Å². The van der Waals surface area contributed by atoms with Crippen molar-refractivity contribution in [3.8, 4) is 0 Å². The number of aromatic carboxylic acids is 1. The van der Waals surface area contributed by atoms with Gasteiger partial charge in [-0.25, -0.2) is 4.79 Å². The largest absolute Gasteiger partial charge is 0.478 e. The van der Waals surface area contributed by atoms with Crippen LogP contribution in [0.15, 0.2) is 41.0 Å². The first-order valence-corrected chi connectivity index (χ1v) is 5.98. The third-order valence-corrected chi connectivity index (χ3v) is 2.76. The molecule has 2 aromatic rings. The molecule has 0 aliphatic rings. The van der Waals surface area contributed by atoms with Crippen molar-refractivity contribution in [3.63, 3.8) is 0 Å². The van der Waals surface area contributed by atoms with Crippen molar-refractivity contribution in [1.29, 1.82) is 0 Å². The summed E-state index contributed by atoms with van der Waals surface area (Å²) in [6, 6.07) is 8.44. The smallest absolute Gasteiger partial charge is 0.337 e. The fraction of sp³-hybridized carbons (Fsp3) is 0.214. The van der Waals surface area contributed by atoms with E-state index in [4.69, 9.17) is 15.3 Å². The lowest BCUT2D eigenvalue weighted by atomic mass is 10.1. The number of furan rings is 1. The van der Waals surface area contributed by atoms with E-state index in [2.05, 4.69) is 5.32 Å². The van der Waals surface area contributed by atoms with Crippen LogP contribution in [-0.2, 0) is 6.42 Å². The Bertz CT molecular complexity index is 564. The number of carbonyl (C=O) groups is 1. The first-order chi connectivity index (χ1) is 9.06. The highest BCUT2D eigenvalue weighted by Crippen LogP contribution is 2.21. The number of anilines is 2. The average molecular weight is 260 g/mol. The predicted octanol–water partition coefficient (Wildman–Crippen LogP) is 2.60. The fourth-order valence-corrected chi connectivity index (χ4v) is 1.91. The third kappa shape index (κ3) is 3.28. The topological polar surface area (TPSA) is 88.5 Å². The normalized spacial score (nSPS) is 12.1. The molecular weight excluding hydrogens is 244 g/mol. The van der Waals surface area contributed by atoms with E-state index in [-0.39, 0.29) is 11.6 Å². The number of hydrogen-bond donors (Lipinski definition) is 3. The highest BCUT2D eigenvalue weighted by atomic mass is 16.4. The summed E-state index contributed by atoms with van der Waals surface area (Å²) in [5.41, 5.74) is 6.94. The van der Waals surface area contributed by atoms with Gasteiger partial charge < -0.3 is 20.6 Å². The van der Waals surface area contributed by atoms with Gasteiger partial charge in [0.25, 0.3) is 0 Å². The molecule has 0 fully saturated rings. The zero-order valence-corrected chi connectivity index (χ0v) is 10.6. The number of carboxylic acids is 1. The second-order valence-corrected chi connectivity index (χ2v) is 4.44. The standard InChI is InChI=1S/C14H16N2O3/c1-9(7-11-3-2-6-19-11)16-13-8-10(15)4-5-12(13)14(17)18/h2-6,8-9,16H,7,15H2,1H3,(H,17,18). The second kappa shape index (κ2) is 5.48. The van der Waals surface area contributed by atoms with E-state index in [1.54, 1.807) is 18.4 Å². The summed E-state index contributed by atoms with van der Waals surface area (Å²) in [5, 5.41) is 12.3. The maximum Gasteiger partial charge on any atom is 0.337 e. The summed E-state index contributed by atoms with van der Waals surface area (Å²) < 4.78 is 5.26. The maximum absolute atomic E-state index is 11.1. The molecule has 1 heterocycles. The molecule has 4 N–H and O–H groups in total. The van der Waals surface area contributed by atoms with Crippen LogP contribution in [0, 0.1) is 0 Å². The lowest BCUT2D eigenvalue weighted by molar-refractivity contribution is 0.0698. The van der Waals surface area contributed by atoms with E-state index in [0.29, 0.717) is 17.8 Å². The lowest BCUT2D eigenvalue weighted by Gasteiger charge is -2.16. The Morgan fingerprint density at radius 3 is 2.89 bits per heavy atom. The lowest BCUT2D eigenvalue weighted by Crippen LogP contribution is -2.19. The molecule has 1 aromatic carbocycles. The molecule has 0 saturated carbocycles. The number of carboxylic acid groups (broad SMARTS) is 1. The molecule has 1 aromatic heterocycles. The van der Waals surface area contributed by atoms with Gasteiger partial charge in [0.1, 0.15) is 5.76 Å². The molecule has 5 heteroatoms. The SMILES string of the molecule is CC(Cc1ccco1)Nc1cc(N)ccc1C(=O)O. The zero-order chi connectivity index (χ0) is 13.8. The fourth-order valence-electron chi connectivity index (χ4n) is 1.91. The van der Waals surface area contributed by atoms with E-state index >= 15 is 0 Å². The molecule has 0 spiro atoms. The molecule has 0 radical (unpaired) electrons. The average Bonchev–Trinajstić information content (AvgIpc) is 2.81. The summed E-state index contributed by atoms with van der Waals surface area (Å²) in [7, 11) is 0. The number of nitrogen functional groups attached to an aromatic ring is 1. The monoisotopic (exact) mass is 260 g/mol. The molecule has 1 atom stereocenters. The van der Waals surface area contributed by atoms with Crippen LogP contribution >= 0.6 is 0 Å². The van der Waals surface area contributed by atoms with Gasteiger partial charge in [0.2, 0.25) is 0 Å². The second-order valence-electron chi connectivity index (χ2n) is 4.44. The Hall–Kier alpha value is -2.43. The Morgan fingerprint density at radius 2 is 2.26 bits per heavy atom. The molecule has 19 heavy (non-hydrogen) atoms. The maximum atomic E-state index is 11.1. The van der Waals surface area contributed by atoms with Crippen LogP contribution in [0.5, 0.6) is 0 Å². The minimum atomic E-state index is -0.979. The predicted molar refractivity (Wildman–Crippen MR) is 73.3 cm³/mol. The first kappa shape index (κ1) is 13.0. The minimum Gasteiger partial charge on any atom is -0.478 e. The Balaban J connectivity index is 2.13. The van der Waals surface area contributed by atoms with Crippen molar-refractivity contribution < 1.29 is 14.3 Å². The zero-order valence-electron chi connectivity index (χ0n) is 10.6. The van der Waals surface area contributed by atoms with E-state index in [9.17, 15) is 4.79 Å². The van der Waals surface area contributed by atoms with Crippen molar-refractivity contribution >= 4 is 17.3 Å². The van der Waals surface area contributed by atoms with Gasteiger partial charge in [-0.3, -0.25) is 0 Å². The van der Waals surface area contributed by atoms with Crippen molar-refractivity contribution in [2.24, 2.45) is 0 Å². The van der Waals surface area contributed by atoms with E-state index in [1.807, 2.05) is 19.1 Å². The Morgan fingerprint density at radius 1 is 1.47 bits per heavy atom. The number of rotatable bonds is 5. The van der Waals surface area contributed by atoms with Crippen LogP contribution in [0.3, 0.4) is 0 Å².